The average molecular weight is 380 g/mol. The summed E-state index contributed by atoms with van der Waals surface area (Å²) in [5, 5.41) is 3.10. The Morgan fingerprint density at radius 3 is 2.29 bits per heavy atom. The summed E-state index contributed by atoms with van der Waals surface area (Å²) in [7, 11) is 0. The minimum atomic E-state index is -0.353. The second kappa shape index (κ2) is 8.91. The Labute approximate surface area is 166 Å². The molecule has 0 saturated carbocycles. The summed E-state index contributed by atoms with van der Waals surface area (Å²) >= 11 is 0. The first kappa shape index (κ1) is 19.9. The molecule has 28 heavy (non-hydrogen) atoms. The van der Waals surface area contributed by atoms with E-state index in [1.54, 1.807) is 4.90 Å². The normalized spacial score (nSPS) is 16.3. The first-order chi connectivity index (χ1) is 13.6. The molecule has 0 bridgehead atoms. The molecule has 1 aliphatic heterocycles. The largest absolute Gasteiger partial charge is 0.494 e. The minimum absolute atomic E-state index is 0.0243. The van der Waals surface area contributed by atoms with Crippen molar-refractivity contribution in [2.24, 2.45) is 5.92 Å². The lowest BCUT2D eigenvalue weighted by atomic mass is 10.0. The van der Waals surface area contributed by atoms with Crippen LogP contribution in [-0.2, 0) is 22.4 Å². The molecule has 2 amide bonds. The third-order valence-electron chi connectivity index (χ3n) is 5.20. The van der Waals surface area contributed by atoms with Crippen LogP contribution in [0.15, 0.2) is 42.5 Å². The van der Waals surface area contributed by atoms with Gasteiger partial charge in [0.15, 0.2) is 0 Å². The quantitative estimate of drug-likeness (QED) is 0.783. The fraction of sp³-hybridized carbons (Fsp3) is 0.391. The average Bonchev–Trinajstić information content (AvgIpc) is 3.10. The van der Waals surface area contributed by atoms with E-state index in [4.69, 9.17) is 4.74 Å². The number of hydrogen-bond acceptors (Lipinski definition) is 3. The third-order valence-corrected chi connectivity index (χ3v) is 5.20. The van der Waals surface area contributed by atoms with Gasteiger partial charge in [-0.3, -0.25) is 9.59 Å². The highest BCUT2D eigenvalue weighted by Gasteiger charge is 2.35. The molecule has 1 heterocycles. The molecule has 5 heteroatoms. The Hall–Kier alpha value is -2.82. The molecule has 2 aromatic rings. The van der Waals surface area contributed by atoms with Crippen LogP contribution in [-0.4, -0.2) is 25.0 Å². The molecule has 1 saturated heterocycles. The summed E-state index contributed by atoms with van der Waals surface area (Å²) < 4.78 is 5.45. The van der Waals surface area contributed by atoms with Crippen molar-refractivity contribution in [1.29, 1.82) is 0 Å². The summed E-state index contributed by atoms with van der Waals surface area (Å²) in [6, 6.07) is 13.5. The number of para-hydroxylation sites is 1. The number of amides is 2. The molecule has 1 unspecified atom stereocenters. The molecule has 1 atom stereocenters. The van der Waals surface area contributed by atoms with Crippen LogP contribution < -0.4 is 15.0 Å². The molecule has 1 aliphatic rings. The van der Waals surface area contributed by atoms with Gasteiger partial charge in [-0.25, -0.2) is 0 Å². The van der Waals surface area contributed by atoms with Crippen molar-refractivity contribution in [3.05, 3.63) is 53.6 Å². The molecular weight excluding hydrogens is 352 g/mol. The monoisotopic (exact) mass is 380 g/mol. The van der Waals surface area contributed by atoms with E-state index < -0.39 is 0 Å². The molecule has 2 aromatic carbocycles. The lowest BCUT2D eigenvalue weighted by Gasteiger charge is -2.18. The van der Waals surface area contributed by atoms with Crippen molar-refractivity contribution in [2.45, 2.75) is 40.0 Å². The SMILES string of the molecule is CCOc1ccc(N2CC(C(=O)Nc3c(CC)cccc3CC)CC2=O)cc1. The lowest BCUT2D eigenvalue weighted by Crippen LogP contribution is -2.28. The van der Waals surface area contributed by atoms with Crippen LogP contribution in [0.4, 0.5) is 11.4 Å². The number of hydrogen-bond donors (Lipinski definition) is 1. The van der Waals surface area contributed by atoms with E-state index in [1.165, 1.54) is 0 Å². The standard InChI is InChI=1S/C23H28N2O3/c1-4-16-8-7-9-17(5-2)22(16)24-23(27)18-14-21(26)25(15-18)19-10-12-20(13-11-19)28-6-3/h7-13,18H,4-6,14-15H2,1-3H3,(H,24,27). The van der Waals surface area contributed by atoms with Crippen LogP contribution in [0.1, 0.15) is 38.3 Å². The molecule has 148 valence electrons. The van der Waals surface area contributed by atoms with Crippen molar-refractivity contribution >= 4 is 23.2 Å². The van der Waals surface area contributed by atoms with E-state index >= 15 is 0 Å². The Morgan fingerprint density at radius 2 is 1.71 bits per heavy atom. The van der Waals surface area contributed by atoms with Crippen LogP contribution in [0, 0.1) is 5.92 Å². The van der Waals surface area contributed by atoms with Gasteiger partial charge in [0.1, 0.15) is 5.75 Å². The number of ether oxygens (including phenoxy) is 1. The maximum Gasteiger partial charge on any atom is 0.229 e. The molecule has 0 aliphatic carbocycles. The van der Waals surface area contributed by atoms with Gasteiger partial charge in [-0.15, -0.1) is 0 Å². The zero-order valence-corrected chi connectivity index (χ0v) is 16.8. The Morgan fingerprint density at radius 1 is 1.07 bits per heavy atom. The van der Waals surface area contributed by atoms with E-state index in [-0.39, 0.29) is 24.2 Å². The predicted molar refractivity (Wildman–Crippen MR) is 112 cm³/mol. The van der Waals surface area contributed by atoms with E-state index in [0.29, 0.717) is 13.2 Å². The van der Waals surface area contributed by atoms with Gasteiger partial charge in [0, 0.05) is 24.3 Å². The lowest BCUT2D eigenvalue weighted by molar-refractivity contribution is -0.122. The van der Waals surface area contributed by atoms with Crippen molar-refractivity contribution in [3.63, 3.8) is 0 Å². The van der Waals surface area contributed by atoms with E-state index in [0.717, 1.165) is 41.1 Å². The Kier molecular flexibility index (Phi) is 6.34. The fourth-order valence-electron chi connectivity index (χ4n) is 3.65. The molecule has 0 spiro atoms. The van der Waals surface area contributed by atoms with Gasteiger partial charge >= 0.3 is 0 Å². The number of anilines is 2. The maximum absolute atomic E-state index is 12.9. The molecule has 1 fully saturated rings. The smallest absolute Gasteiger partial charge is 0.229 e. The highest BCUT2D eigenvalue weighted by Crippen LogP contribution is 2.29. The molecule has 3 rings (SSSR count). The summed E-state index contributed by atoms with van der Waals surface area (Å²) in [6.07, 6.45) is 1.94. The van der Waals surface area contributed by atoms with Crippen molar-refractivity contribution in [3.8, 4) is 5.75 Å². The molecule has 0 aromatic heterocycles. The molecule has 0 radical (unpaired) electrons. The maximum atomic E-state index is 12.9. The van der Waals surface area contributed by atoms with Crippen molar-refractivity contribution < 1.29 is 14.3 Å². The molecule has 5 nitrogen and oxygen atoms in total. The van der Waals surface area contributed by atoms with E-state index in [1.807, 2.05) is 49.4 Å². The van der Waals surface area contributed by atoms with Crippen LogP contribution in [0.25, 0.3) is 0 Å². The van der Waals surface area contributed by atoms with Crippen LogP contribution in [0.5, 0.6) is 5.75 Å². The zero-order valence-electron chi connectivity index (χ0n) is 16.8. The van der Waals surface area contributed by atoms with Crippen molar-refractivity contribution in [2.75, 3.05) is 23.4 Å². The summed E-state index contributed by atoms with van der Waals surface area (Å²) in [6.45, 7) is 7.09. The van der Waals surface area contributed by atoms with Gasteiger partial charge in [0.05, 0.1) is 12.5 Å². The fourth-order valence-corrected chi connectivity index (χ4v) is 3.65. The van der Waals surface area contributed by atoms with Gasteiger partial charge in [-0.05, 0) is 55.2 Å². The summed E-state index contributed by atoms with van der Waals surface area (Å²) in [4.78, 5) is 27.1. The van der Waals surface area contributed by atoms with Gasteiger partial charge in [0.25, 0.3) is 0 Å². The molecular formula is C23H28N2O3. The van der Waals surface area contributed by atoms with Crippen LogP contribution in [0.3, 0.4) is 0 Å². The summed E-state index contributed by atoms with van der Waals surface area (Å²) in [5.74, 6) is 0.310. The number of nitrogens with zero attached hydrogens (tertiary/aromatic N) is 1. The number of aryl methyl sites for hydroxylation is 2. The number of carbonyl (C=O) groups is 2. The highest BCUT2D eigenvalue weighted by atomic mass is 16.5. The summed E-state index contributed by atoms with van der Waals surface area (Å²) in [5.41, 5.74) is 3.96. The van der Waals surface area contributed by atoms with Crippen LogP contribution >= 0.6 is 0 Å². The third kappa shape index (κ3) is 4.19. The minimum Gasteiger partial charge on any atom is -0.494 e. The number of benzene rings is 2. The molecule has 1 N–H and O–H groups in total. The predicted octanol–water partition coefficient (Wildman–Crippen LogP) is 4.20. The number of carbonyl (C=O) groups excluding carboxylic acids is 2. The Bertz CT molecular complexity index is 823. The zero-order chi connectivity index (χ0) is 20.1. The second-order valence-corrected chi connectivity index (χ2v) is 6.98. The van der Waals surface area contributed by atoms with Gasteiger partial charge < -0.3 is 15.0 Å². The van der Waals surface area contributed by atoms with Crippen molar-refractivity contribution in [1.82, 2.24) is 0 Å². The van der Waals surface area contributed by atoms with Gasteiger partial charge in [0.2, 0.25) is 11.8 Å². The first-order valence-corrected chi connectivity index (χ1v) is 10.0. The van der Waals surface area contributed by atoms with Crippen LogP contribution in [0.2, 0.25) is 0 Å². The van der Waals surface area contributed by atoms with E-state index in [9.17, 15) is 9.59 Å². The van der Waals surface area contributed by atoms with Gasteiger partial charge in [-0.2, -0.15) is 0 Å². The topological polar surface area (TPSA) is 58.6 Å². The van der Waals surface area contributed by atoms with Gasteiger partial charge in [-0.1, -0.05) is 32.0 Å². The van der Waals surface area contributed by atoms with E-state index in [2.05, 4.69) is 19.2 Å². The number of rotatable bonds is 7. The number of nitrogens with one attached hydrogen (secondary N) is 1. The first-order valence-electron chi connectivity index (χ1n) is 10.0. The Balaban J connectivity index is 1.72. The highest BCUT2D eigenvalue weighted by molar-refractivity contribution is 6.04. The second-order valence-electron chi connectivity index (χ2n) is 6.98.